The van der Waals surface area contributed by atoms with Crippen molar-refractivity contribution in [2.75, 3.05) is 19.6 Å². The van der Waals surface area contributed by atoms with E-state index in [9.17, 15) is 30.6 Å². The van der Waals surface area contributed by atoms with Crippen LogP contribution in [0.15, 0.2) is 62.5 Å². The van der Waals surface area contributed by atoms with E-state index in [1.807, 2.05) is 0 Å². The van der Waals surface area contributed by atoms with Gasteiger partial charge < -0.3 is 9.47 Å². The number of benzene rings is 2. The van der Waals surface area contributed by atoms with Gasteiger partial charge in [-0.2, -0.15) is 18.4 Å². The van der Waals surface area contributed by atoms with Gasteiger partial charge in [0.2, 0.25) is 6.19 Å². The number of azo groups is 1. The van der Waals surface area contributed by atoms with Crippen LogP contribution in [-0.4, -0.2) is 44.4 Å². The Morgan fingerprint density at radius 3 is 2.24 bits per heavy atom. The van der Waals surface area contributed by atoms with Crippen LogP contribution in [0.1, 0.15) is 5.56 Å². The Labute approximate surface area is 189 Å². The molecule has 1 unspecified atom stereocenters. The largest absolute Gasteiger partial charge is 0.432 e. The van der Waals surface area contributed by atoms with E-state index in [2.05, 4.69) is 15.0 Å². The van der Waals surface area contributed by atoms with Crippen molar-refractivity contribution in [3.63, 3.8) is 0 Å². The molecule has 0 aromatic heterocycles. The number of nitrogens with zero attached hydrogens (tertiary/aromatic N) is 3. The van der Waals surface area contributed by atoms with Crippen LogP contribution in [0.4, 0.5) is 18.9 Å². The molecule has 0 radical (unpaired) electrons. The zero-order chi connectivity index (χ0) is 25.0. The molecule has 0 spiro atoms. The molecular formula is C19H16F3N3O6S2. The summed E-state index contributed by atoms with van der Waals surface area (Å²) in [6.07, 6.45) is -2.10. The zero-order valence-electron chi connectivity index (χ0n) is 17.3. The summed E-state index contributed by atoms with van der Waals surface area (Å²) in [6.45, 7) is 0. The third-order valence-corrected chi connectivity index (χ3v) is 6.34. The lowest BCUT2D eigenvalue weighted by Gasteiger charge is -2.32. The second kappa shape index (κ2) is 9.77. The Morgan fingerprint density at radius 1 is 1.18 bits per heavy atom. The Kier molecular flexibility index (Phi) is 7.73. The number of halogens is 3. The van der Waals surface area contributed by atoms with Crippen molar-refractivity contribution in [2.24, 2.45) is 10.2 Å². The Morgan fingerprint density at radius 2 is 1.79 bits per heavy atom. The van der Waals surface area contributed by atoms with E-state index in [1.54, 1.807) is 0 Å². The molecule has 0 saturated carbocycles. The predicted molar refractivity (Wildman–Crippen MR) is 109 cm³/mol. The van der Waals surface area contributed by atoms with E-state index in [-0.39, 0.29) is 4.90 Å². The summed E-state index contributed by atoms with van der Waals surface area (Å²) in [6, 6.07) is 7.57. The summed E-state index contributed by atoms with van der Waals surface area (Å²) in [5.41, 5.74) is -4.59. The van der Waals surface area contributed by atoms with E-state index < -0.39 is 60.3 Å². The van der Waals surface area contributed by atoms with Crippen molar-refractivity contribution in [1.29, 1.82) is 5.26 Å². The molecule has 0 aliphatic heterocycles. The Bertz CT molecular complexity index is 1260. The number of ether oxygens (including phenoxy) is 2. The molecule has 176 valence electrons. The average Bonchev–Trinajstić information content (AvgIpc) is 2.72. The number of carbonyl (C=O) groups excluding carboxylic acids is 1. The molecule has 2 aromatic carbocycles. The summed E-state index contributed by atoms with van der Waals surface area (Å²) >= 11 is 0. The van der Waals surface area contributed by atoms with Crippen LogP contribution in [0, 0.1) is 11.5 Å². The first kappa shape index (κ1) is 26.1. The van der Waals surface area contributed by atoms with Crippen LogP contribution in [0.3, 0.4) is 0 Å². The summed E-state index contributed by atoms with van der Waals surface area (Å²) < 4.78 is 88.4. The van der Waals surface area contributed by atoms with Gasteiger partial charge in [0.05, 0.1) is 20.6 Å². The second-order valence-corrected chi connectivity index (χ2v) is 9.77. The number of hydrogen-bond donors (Lipinski definition) is 0. The van der Waals surface area contributed by atoms with Gasteiger partial charge in [0, 0.05) is 31.3 Å². The highest BCUT2D eigenvalue weighted by atomic mass is 32.2. The fraction of sp³-hybridized carbons (Fsp3) is 0.263. The van der Waals surface area contributed by atoms with Gasteiger partial charge in [0.15, 0.2) is 9.84 Å². The smallest absolute Gasteiger partial charge is 0.424 e. The van der Waals surface area contributed by atoms with Gasteiger partial charge in [-0.1, -0.05) is 35.4 Å². The standard InChI is InChI=1S/C19H16F3N3O6S2/c1-30-18(19(20,21)22,12-7-5-4-6-8-12)17(26)31-13-9-14(32(2)27)16(25-24-11-23)15(10-13)33(3,28)29/h4-10H,1-3H3/t18-,32?/m0/s1. The molecule has 2 aromatic rings. The molecule has 0 heterocycles. The summed E-state index contributed by atoms with van der Waals surface area (Å²) in [7, 11) is -5.44. The molecular weight excluding hydrogens is 487 g/mol. The number of esters is 1. The number of sulfone groups is 1. The minimum Gasteiger partial charge on any atom is -0.424 e. The Balaban J connectivity index is 2.74. The number of rotatable bonds is 7. The van der Waals surface area contributed by atoms with Crippen molar-refractivity contribution < 1.29 is 40.1 Å². The van der Waals surface area contributed by atoms with Gasteiger partial charge >= 0.3 is 12.1 Å². The number of carbonyl (C=O) groups is 1. The van der Waals surface area contributed by atoms with Crippen LogP contribution in [0.25, 0.3) is 0 Å². The second-order valence-electron chi connectivity index (χ2n) is 6.43. The highest BCUT2D eigenvalue weighted by Crippen LogP contribution is 2.44. The minimum absolute atomic E-state index is 0.338. The van der Waals surface area contributed by atoms with E-state index in [0.29, 0.717) is 7.11 Å². The molecule has 9 nitrogen and oxygen atoms in total. The topological polar surface area (TPSA) is 135 Å². The lowest BCUT2D eigenvalue weighted by molar-refractivity contribution is -0.272. The SMILES string of the molecule is CO[C@](C(=O)Oc1cc(S(C)=O)c(N=NC#N)c(S(C)(=O)=O)c1)(c1ccccc1)C(F)(F)F. The number of nitriles is 1. The van der Waals surface area contributed by atoms with E-state index in [4.69, 9.17) is 10.00 Å². The maximum absolute atomic E-state index is 14.1. The molecule has 2 atom stereocenters. The van der Waals surface area contributed by atoms with Crippen molar-refractivity contribution >= 4 is 32.3 Å². The van der Waals surface area contributed by atoms with Gasteiger partial charge in [-0.05, 0) is 6.07 Å². The summed E-state index contributed by atoms with van der Waals surface area (Å²) in [4.78, 5) is 11.8. The fourth-order valence-electron chi connectivity index (χ4n) is 2.86. The first-order valence-corrected chi connectivity index (χ1v) is 12.2. The van der Waals surface area contributed by atoms with Gasteiger partial charge in [-0.25, -0.2) is 13.2 Å². The molecule has 0 aliphatic carbocycles. The maximum Gasteiger partial charge on any atom is 0.432 e. The molecule has 33 heavy (non-hydrogen) atoms. The van der Waals surface area contributed by atoms with Crippen molar-refractivity contribution in [3.05, 3.63) is 48.0 Å². The van der Waals surface area contributed by atoms with E-state index >= 15 is 0 Å². The molecule has 0 saturated heterocycles. The summed E-state index contributed by atoms with van der Waals surface area (Å²) in [5, 5.41) is 15.1. The molecule has 14 heteroatoms. The predicted octanol–water partition coefficient (Wildman–Crippen LogP) is 3.40. The van der Waals surface area contributed by atoms with Crippen molar-refractivity contribution in [2.45, 2.75) is 21.6 Å². The van der Waals surface area contributed by atoms with Crippen LogP contribution in [0.2, 0.25) is 0 Å². The maximum atomic E-state index is 14.1. The van der Waals surface area contributed by atoms with Crippen molar-refractivity contribution in [1.82, 2.24) is 0 Å². The van der Waals surface area contributed by atoms with E-state index in [1.165, 1.54) is 24.4 Å². The Hall–Kier alpha value is -3.15. The molecule has 0 fully saturated rings. The molecule has 0 N–H and O–H groups in total. The molecule has 0 amide bonds. The van der Waals surface area contributed by atoms with Crippen molar-refractivity contribution in [3.8, 4) is 11.9 Å². The number of hydrogen-bond acceptors (Lipinski definition) is 9. The van der Waals surface area contributed by atoms with Gasteiger partial charge in [0.1, 0.15) is 11.4 Å². The number of methoxy groups -OCH3 is 1. The first-order valence-electron chi connectivity index (χ1n) is 8.70. The normalized spacial score (nSPS) is 14.9. The average molecular weight is 503 g/mol. The summed E-state index contributed by atoms with van der Waals surface area (Å²) in [5.74, 6) is -2.58. The highest BCUT2D eigenvalue weighted by molar-refractivity contribution is 7.91. The van der Waals surface area contributed by atoms with Crippen LogP contribution < -0.4 is 4.74 Å². The highest BCUT2D eigenvalue weighted by Gasteiger charge is 2.64. The number of alkyl halides is 3. The third-order valence-electron chi connectivity index (χ3n) is 4.30. The minimum atomic E-state index is -5.27. The zero-order valence-corrected chi connectivity index (χ0v) is 18.9. The molecule has 0 aliphatic rings. The molecule has 0 bridgehead atoms. The van der Waals surface area contributed by atoms with Crippen LogP contribution >= 0.6 is 0 Å². The lowest BCUT2D eigenvalue weighted by Crippen LogP contribution is -2.52. The third kappa shape index (κ3) is 5.27. The first-order chi connectivity index (χ1) is 15.3. The van der Waals surface area contributed by atoms with Crippen LogP contribution in [-0.2, 0) is 35.8 Å². The monoisotopic (exact) mass is 503 g/mol. The van der Waals surface area contributed by atoms with Gasteiger partial charge in [0.25, 0.3) is 5.60 Å². The van der Waals surface area contributed by atoms with Crippen LogP contribution in [0.5, 0.6) is 5.75 Å². The van der Waals surface area contributed by atoms with E-state index in [0.717, 1.165) is 36.8 Å². The quantitative estimate of drug-likeness (QED) is 0.245. The lowest BCUT2D eigenvalue weighted by atomic mass is 9.92. The fourth-order valence-corrected chi connectivity index (χ4v) is 4.46. The molecule has 2 rings (SSSR count). The van der Waals surface area contributed by atoms with Gasteiger partial charge in [-0.3, -0.25) is 4.21 Å². The van der Waals surface area contributed by atoms with Gasteiger partial charge in [-0.15, -0.1) is 5.11 Å².